The minimum absolute atomic E-state index is 0.0436. The molecule has 1 unspecified atom stereocenters. The number of hydrogen-bond acceptors (Lipinski definition) is 3. The van der Waals surface area contributed by atoms with Crippen LogP contribution in [0.25, 0.3) is 0 Å². The molecule has 18 heavy (non-hydrogen) atoms. The Morgan fingerprint density at radius 1 is 1.44 bits per heavy atom. The number of carbonyl (C=O) groups excluding carboxylic acids is 1. The maximum Gasteiger partial charge on any atom is 0.216 e. The van der Waals surface area contributed by atoms with Gasteiger partial charge in [0.05, 0.1) is 6.07 Å². The topological polar surface area (TPSA) is 64.9 Å². The van der Waals surface area contributed by atoms with Crippen LogP contribution in [-0.2, 0) is 4.79 Å². The van der Waals surface area contributed by atoms with Gasteiger partial charge in [0.15, 0.2) is 0 Å². The minimum Gasteiger partial charge on any atom is -0.356 e. The first-order chi connectivity index (χ1) is 8.65. The van der Waals surface area contributed by atoms with E-state index in [1.165, 1.54) is 6.92 Å². The number of nitrogens with zero attached hydrogens (tertiary/aromatic N) is 1. The van der Waals surface area contributed by atoms with Gasteiger partial charge in [0.1, 0.15) is 6.04 Å². The van der Waals surface area contributed by atoms with Gasteiger partial charge in [-0.2, -0.15) is 5.26 Å². The van der Waals surface area contributed by atoms with Crippen LogP contribution in [0, 0.1) is 11.3 Å². The first kappa shape index (κ1) is 14.5. The summed E-state index contributed by atoms with van der Waals surface area (Å²) in [5, 5.41) is 15.5. The van der Waals surface area contributed by atoms with Crippen LogP contribution in [0.5, 0.6) is 0 Å². The van der Waals surface area contributed by atoms with E-state index in [9.17, 15) is 4.79 Å². The maximum absolute atomic E-state index is 10.7. The van der Waals surface area contributed by atoms with E-state index in [0.29, 0.717) is 18.1 Å². The number of nitriles is 1. The highest BCUT2D eigenvalue weighted by molar-refractivity contribution is 6.31. The molecule has 1 atom stereocenters. The largest absolute Gasteiger partial charge is 0.356 e. The van der Waals surface area contributed by atoms with E-state index in [2.05, 4.69) is 16.7 Å². The molecule has 0 saturated carbocycles. The molecular weight excluding hydrogens is 250 g/mol. The molecule has 1 aromatic rings. The van der Waals surface area contributed by atoms with Crippen LogP contribution in [0.1, 0.15) is 24.9 Å². The van der Waals surface area contributed by atoms with Gasteiger partial charge < -0.3 is 5.32 Å². The molecule has 2 N–H and O–H groups in total. The van der Waals surface area contributed by atoms with E-state index in [-0.39, 0.29) is 5.91 Å². The second-order valence-electron chi connectivity index (χ2n) is 3.87. The quantitative estimate of drug-likeness (QED) is 0.774. The fourth-order valence-electron chi connectivity index (χ4n) is 1.53. The highest BCUT2D eigenvalue weighted by atomic mass is 35.5. The third-order valence-corrected chi connectivity index (χ3v) is 2.77. The summed E-state index contributed by atoms with van der Waals surface area (Å²) in [4.78, 5) is 10.7. The van der Waals surface area contributed by atoms with Gasteiger partial charge in [0, 0.05) is 24.1 Å². The van der Waals surface area contributed by atoms with E-state index in [1.54, 1.807) is 6.07 Å². The Hall–Kier alpha value is -1.57. The summed E-state index contributed by atoms with van der Waals surface area (Å²) in [6.07, 6.45) is 0.766. The molecule has 0 heterocycles. The Balaban J connectivity index is 2.42. The van der Waals surface area contributed by atoms with E-state index in [0.717, 1.165) is 12.0 Å². The zero-order valence-corrected chi connectivity index (χ0v) is 11.0. The van der Waals surface area contributed by atoms with Crippen LogP contribution in [0.3, 0.4) is 0 Å². The number of halogens is 1. The Morgan fingerprint density at radius 2 is 2.17 bits per heavy atom. The van der Waals surface area contributed by atoms with E-state index < -0.39 is 6.04 Å². The van der Waals surface area contributed by atoms with Crippen LogP contribution in [0.15, 0.2) is 24.3 Å². The number of carbonyl (C=O) groups is 1. The molecule has 1 aromatic carbocycles. The predicted molar refractivity (Wildman–Crippen MR) is 71.1 cm³/mol. The third-order valence-electron chi connectivity index (χ3n) is 2.42. The number of benzene rings is 1. The highest BCUT2D eigenvalue weighted by Gasteiger charge is 2.12. The second-order valence-corrected chi connectivity index (χ2v) is 4.28. The average molecular weight is 266 g/mol. The van der Waals surface area contributed by atoms with Crippen molar-refractivity contribution in [3.05, 3.63) is 34.9 Å². The van der Waals surface area contributed by atoms with Gasteiger partial charge in [0.2, 0.25) is 5.91 Å². The van der Waals surface area contributed by atoms with E-state index >= 15 is 0 Å². The van der Waals surface area contributed by atoms with Crippen molar-refractivity contribution in [2.24, 2.45) is 0 Å². The molecule has 0 bridgehead atoms. The first-order valence-corrected chi connectivity index (χ1v) is 6.15. The summed E-state index contributed by atoms with van der Waals surface area (Å²) in [6.45, 7) is 2.72. The van der Waals surface area contributed by atoms with Gasteiger partial charge in [-0.05, 0) is 19.0 Å². The molecule has 0 saturated heterocycles. The molecule has 0 aliphatic heterocycles. The molecule has 1 amide bonds. The lowest BCUT2D eigenvalue weighted by Gasteiger charge is -2.13. The van der Waals surface area contributed by atoms with Crippen molar-refractivity contribution in [1.29, 1.82) is 5.26 Å². The van der Waals surface area contributed by atoms with Gasteiger partial charge in [-0.3, -0.25) is 10.1 Å². The van der Waals surface area contributed by atoms with Crippen LogP contribution >= 0.6 is 11.6 Å². The summed E-state index contributed by atoms with van der Waals surface area (Å²) in [5.41, 5.74) is 0.779. The molecule has 1 rings (SSSR count). The molecule has 4 nitrogen and oxygen atoms in total. The number of nitrogens with one attached hydrogen (secondary N) is 2. The maximum atomic E-state index is 10.7. The smallest absolute Gasteiger partial charge is 0.216 e. The second kappa shape index (κ2) is 7.70. The molecule has 0 radical (unpaired) electrons. The monoisotopic (exact) mass is 265 g/mol. The summed E-state index contributed by atoms with van der Waals surface area (Å²) in [6, 6.07) is 9.03. The number of amides is 1. The van der Waals surface area contributed by atoms with Crippen molar-refractivity contribution in [1.82, 2.24) is 10.6 Å². The lowest BCUT2D eigenvalue weighted by atomic mass is 10.1. The molecule has 96 valence electrons. The zero-order valence-electron chi connectivity index (χ0n) is 10.2. The van der Waals surface area contributed by atoms with Gasteiger partial charge in [-0.15, -0.1) is 0 Å². The van der Waals surface area contributed by atoms with E-state index in [4.69, 9.17) is 16.9 Å². The van der Waals surface area contributed by atoms with Crippen molar-refractivity contribution in [3.63, 3.8) is 0 Å². The first-order valence-electron chi connectivity index (χ1n) is 5.77. The number of hydrogen-bond donors (Lipinski definition) is 2. The Kier molecular flexibility index (Phi) is 6.20. The summed E-state index contributed by atoms with van der Waals surface area (Å²) < 4.78 is 0. The fourth-order valence-corrected chi connectivity index (χ4v) is 1.78. The SMILES string of the molecule is CC(=O)NCCCNC(C#N)c1ccccc1Cl. The highest BCUT2D eigenvalue weighted by Crippen LogP contribution is 2.21. The average Bonchev–Trinajstić information content (AvgIpc) is 2.35. The zero-order chi connectivity index (χ0) is 13.4. The van der Waals surface area contributed by atoms with Crippen LogP contribution in [0.4, 0.5) is 0 Å². The summed E-state index contributed by atoms with van der Waals surface area (Å²) in [5.74, 6) is -0.0436. The lowest BCUT2D eigenvalue weighted by Crippen LogP contribution is -2.27. The van der Waals surface area contributed by atoms with Crippen molar-refractivity contribution < 1.29 is 4.79 Å². The van der Waals surface area contributed by atoms with Crippen molar-refractivity contribution in [2.45, 2.75) is 19.4 Å². The van der Waals surface area contributed by atoms with Crippen LogP contribution in [-0.4, -0.2) is 19.0 Å². The Labute approximate surface area is 112 Å². The fraction of sp³-hybridized carbons (Fsp3) is 0.385. The molecule has 0 aliphatic carbocycles. The number of rotatable bonds is 6. The lowest BCUT2D eigenvalue weighted by molar-refractivity contribution is -0.118. The molecule has 5 heteroatoms. The summed E-state index contributed by atoms with van der Waals surface area (Å²) in [7, 11) is 0. The molecule has 0 spiro atoms. The van der Waals surface area contributed by atoms with Gasteiger partial charge >= 0.3 is 0 Å². The predicted octanol–water partition coefficient (Wildman–Crippen LogP) is 2.02. The Morgan fingerprint density at radius 3 is 2.78 bits per heavy atom. The van der Waals surface area contributed by atoms with Crippen LogP contribution < -0.4 is 10.6 Å². The van der Waals surface area contributed by atoms with Gasteiger partial charge in [-0.25, -0.2) is 0 Å². The normalized spacial score (nSPS) is 11.6. The standard InChI is InChI=1S/C13H16ClN3O/c1-10(18)16-7-4-8-17-13(9-15)11-5-2-3-6-12(11)14/h2-3,5-6,13,17H,4,7-8H2,1H3,(H,16,18). The molecular formula is C13H16ClN3O. The Bertz CT molecular complexity index is 442. The van der Waals surface area contributed by atoms with Crippen molar-refractivity contribution >= 4 is 17.5 Å². The van der Waals surface area contributed by atoms with E-state index in [1.807, 2.05) is 18.2 Å². The molecule has 0 fully saturated rings. The molecule has 0 aromatic heterocycles. The minimum atomic E-state index is -0.420. The summed E-state index contributed by atoms with van der Waals surface area (Å²) >= 11 is 6.03. The van der Waals surface area contributed by atoms with Crippen molar-refractivity contribution in [2.75, 3.05) is 13.1 Å². The van der Waals surface area contributed by atoms with Gasteiger partial charge in [0.25, 0.3) is 0 Å². The van der Waals surface area contributed by atoms with Crippen LogP contribution in [0.2, 0.25) is 5.02 Å². The van der Waals surface area contributed by atoms with Crippen molar-refractivity contribution in [3.8, 4) is 6.07 Å². The third kappa shape index (κ3) is 4.74. The van der Waals surface area contributed by atoms with Gasteiger partial charge in [-0.1, -0.05) is 29.8 Å². The molecule has 0 aliphatic rings.